The zero-order valence-corrected chi connectivity index (χ0v) is 22.9. The number of carbonyl (C=O) groups is 1. The van der Waals surface area contributed by atoms with Gasteiger partial charge in [0, 0.05) is 6.54 Å². The number of hydrogen-bond donors (Lipinski definition) is 0. The molecule has 2 unspecified atom stereocenters. The molecule has 0 saturated carbocycles. The van der Waals surface area contributed by atoms with Gasteiger partial charge < -0.3 is 4.90 Å². The van der Waals surface area contributed by atoms with Gasteiger partial charge in [-0.2, -0.15) is 0 Å². The number of carbonyl (C=O) groups excluding carboxylic acids is 1. The van der Waals surface area contributed by atoms with E-state index in [1.807, 2.05) is 87.5 Å². The van der Waals surface area contributed by atoms with Crippen molar-refractivity contribution in [2.45, 2.75) is 52.5 Å². The van der Waals surface area contributed by atoms with Crippen LogP contribution in [0.25, 0.3) is 16.6 Å². The van der Waals surface area contributed by atoms with Gasteiger partial charge in [-0.05, 0) is 74.1 Å². The van der Waals surface area contributed by atoms with E-state index in [0.29, 0.717) is 29.2 Å². The molecular weight excluding hydrogens is 482 g/mol. The van der Waals surface area contributed by atoms with Crippen LogP contribution in [0.2, 0.25) is 0 Å². The minimum Gasteiger partial charge on any atom is -0.331 e. The number of amides is 1. The van der Waals surface area contributed by atoms with Gasteiger partial charge in [0.1, 0.15) is 11.2 Å². The Kier molecular flexibility index (Phi) is 8.13. The molecule has 0 fully saturated rings. The van der Waals surface area contributed by atoms with E-state index >= 15 is 0 Å². The number of hydrogen-bond acceptors (Lipinski definition) is 3. The number of benzene rings is 3. The predicted octanol–water partition coefficient (Wildman–Crippen LogP) is 6.92. The molecule has 4 aromatic rings. The molecule has 37 heavy (non-hydrogen) atoms. The Balaban J connectivity index is 1.88. The van der Waals surface area contributed by atoms with Crippen molar-refractivity contribution in [3.8, 4) is 5.69 Å². The van der Waals surface area contributed by atoms with Gasteiger partial charge in [0.25, 0.3) is 5.56 Å². The third-order valence-corrected chi connectivity index (χ3v) is 7.37. The second-order valence-electron chi connectivity index (χ2n) is 10.1. The average Bonchev–Trinajstić information content (AvgIpc) is 2.90. The molecule has 0 N–H and O–H groups in total. The lowest BCUT2D eigenvalue weighted by Crippen LogP contribution is -2.40. The molecule has 6 heteroatoms. The summed E-state index contributed by atoms with van der Waals surface area (Å²) in [5.74, 6) is 0.704. The summed E-state index contributed by atoms with van der Waals surface area (Å²) >= 11 is 6.74. The summed E-state index contributed by atoms with van der Waals surface area (Å²) in [5.41, 5.74) is 4.15. The van der Waals surface area contributed by atoms with Crippen molar-refractivity contribution in [1.82, 2.24) is 14.5 Å². The molecule has 2 atom stereocenters. The monoisotopic (exact) mass is 515 g/mol. The van der Waals surface area contributed by atoms with E-state index in [1.54, 1.807) is 15.5 Å². The Morgan fingerprint density at radius 3 is 2.30 bits per heavy atom. The summed E-state index contributed by atoms with van der Waals surface area (Å²) < 4.78 is 1.65. The molecule has 0 aliphatic carbocycles. The summed E-state index contributed by atoms with van der Waals surface area (Å²) in [6, 6.07) is 22.2. The lowest BCUT2D eigenvalue weighted by Gasteiger charge is -2.32. The first-order valence-electron chi connectivity index (χ1n) is 12.8. The highest BCUT2D eigenvalue weighted by molar-refractivity contribution is 6.30. The zero-order valence-electron chi connectivity index (χ0n) is 22.1. The van der Waals surface area contributed by atoms with Crippen LogP contribution in [-0.4, -0.2) is 26.9 Å². The quantitative estimate of drug-likeness (QED) is 0.239. The smallest absolute Gasteiger partial charge is 0.266 e. The van der Waals surface area contributed by atoms with Crippen LogP contribution in [-0.2, 0) is 4.79 Å². The van der Waals surface area contributed by atoms with Gasteiger partial charge in [0.05, 0.1) is 22.6 Å². The summed E-state index contributed by atoms with van der Waals surface area (Å²) in [6.07, 6.45) is 0.802. The van der Waals surface area contributed by atoms with Gasteiger partial charge >= 0.3 is 0 Å². The molecule has 0 aliphatic rings. The number of para-hydroxylation sites is 1. The Bertz CT molecular complexity index is 1460. The summed E-state index contributed by atoms with van der Waals surface area (Å²) in [4.78, 5) is 34.4. The van der Waals surface area contributed by atoms with Gasteiger partial charge in [0.15, 0.2) is 0 Å². The molecule has 192 valence electrons. The van der Waals surface area contributed by atoms with Crippen molar-refractivity contribution in [1.29, 1.82) is 0 Å². The maximum Gasteiger partial charge on any atom is 0.266 e. The van der Waals surface area contributed by atoms with Crippen LogP contribution in [0.1, 0.15) is 61.1 Å². The van der Waals surface area contributed by atoms with Gasteiger partial charge in [-0.1, -0.05) is 62.4 Å². The maximum atomic E-state index is 13.9. The van der Waals surface area contributed by atoms with Crippen LogP contribution in [0, 0.1) is 19.8 Å². The molecule has 4 rings (SSSR count). The van der Waals surface area contributed by atoms with Crippen LogP contribution in [0.4, 0.5) is 0 Å². The number of halogens is 1. The number of rotatable bonds is 8. The van der Waals surface area contributed by atoms with E-state index in [1.165, 1.54) is 0 Å². The second kappa shape index (κ2) is 11.3. The lowest BCUT2D eigenvalue weighted by molar-refractivity contribution is -0.133. The third-order valence-electron chi connectivity index (χ3n) is 6.93. The minimum atomic E-state index is -0.835. The molecule has 0 spiro atoms. The molecule has 0 bridgehead atoms. The Labute approximate surface area is 223 Å². The molecule has 1 amide bonds. The van der Waals surface area contributed by atoms with Crippen molar-refractivity contribution in [3.63, 3.8) is 0 Å². The summed E-state index contributed by atoms with van der Waals surface area (Å²) in [5, 5.41) is -0.297. The van der Waals surface area contributed by atoms with E-state index in [2.05, 4.69) is 13.8 Å². The fraction of sp³-hybridized carbons (Fsp3) is 0.323. The highest BCUT2D eigenvalue weighted by Crippen LogP contribution is 2.30. The SMILES string of the molecule is Cc1ccc(-n2c(C(C)N(CCC(C)C)C(=O)C(Cl)c3ccccc3)nc3ccccc3c2=O)cc1C. The number of alkyl halides is 1. The Morgan fingerprint density at radius 2 is 1.62 bits per heavy atom. The molecular formula is C31H34ClN3O2. The van der Waals surface area contributed by atoms with E-state index in [0.717, 1.165) is 28.8 Å². The maximum absolute atomic E-state index is 13.9. The van der Waals surface area contributed by atoms with Crippen molar-refractivity contribution in [2.75, 3.05) is 6.54 Å². The highest BCUT2D eigenvalue weighted by atomic mass is 35.5. The third kappa shape index (κ3) is 5.62. The number of aromatic nitrogens is 2. The number of fused-ring (bicyclic) bond motifs is 1. The second-order valence-corrected chi connectivity index (χ2v) is 10.5. The first kappa shape index (κ1) is 26.6. The Hall–Kier alpha value is -3.44. The first-order chi connectivity index (χ1) is 17.7. The number of aryl methyl sites for hydroxylation is 2. The van der Waals surface area contributed by atoms with Crippen LogP contribution in [0.3, 0.4) is 0 Å². The molecule has 1 heterocycles. The molecule has 0 radical (unpaired) electrons. The lowest BCUT2D eigenvalue weighted by atomic mass is 10.1. The standard InChI is InChI=1S/C31H34ClN3O2/c1-20(2)17-18-34(31(37)28(32)24-11-7-6-8-12-24)23(5)29-33-27-14-10-9-13-26(27)30(36)35(29)25-16-15-21(3)22(4)19-25/h6-16,19-20,23,28H,17-18H2,1-5H3. The summed E-state index contributed by atoms with van der Waals surface area (Å²) in [6.45, 7) is 10.8. The molecule has 3 aromatic carbocycles. The average molecular weight is 516 g/mol. The van der Waals surface area contributed by atoms with Crippen LogP contribution in [0.15, 0.2) is 77.6 Å². The van der Waals surface area contributed by atoms with E-state index < -0.39 is 11.4 Å². The van der Waals surface area contributed by atoms with Gasteiger partial charge in [-0.25, -0.2) is 4.98 Å². The van der Waals surface area contributed by atoms with Gasteiger partial charge in [0.2, 0.25) is 5.91 Å². The number of nitrogens with zero attached hydrogens (tertiary/aromatic N) is 3. The molecule has 1 aromatic heterocycles. The Morgan fingerprint density at radius 1 is 0.946 bits per heavy atom. The van der Waals surface area contributed by atoms with Crippen molar-refractivity contribution in [2.24, 2.45) is 5.92 Å². The van der Waals surface area contributed by atoms with Crippen LogP contribution < -0.4 is 5.56 Å². The minimum absolute atomic E-state index is 0.155. The van der Waals surface area contributed by atoms with Crippen LogP contribution >= 0.6 is 11.6 Å². The highest BCUT2D eigenvalue weighted by Gasteiger charge is 2.31. The fourth-order valence-electron chi connectivity index (χ4n) is 4.49. The normalized spacial score (nSPS) is 13.1. The predicted molar refractivity (Wildman–Crippen MR) is 151 cm³/mol. The van der Waals surface area contributed by atoms with E-state index in [4.69, 9.17) is 16.6 Å². The van der Waals surface area contributed by atoms with E-state index in [9.17, 15) is 9.59 Å². The fourth-order valence-corrected chi connectivity index (χ4v) is 4.76. The molecule has 0 aliphatic heterocycles. The molecule has 0 saturated heterocycles. The van der Waals surface area contributed by atoms with Crippen molar-refractivity contribution < 1.29 is 4.79 Å². The zero-order chi connectivity index (χ0) is 26.7. The first-order valence-corrected chi connectivity index (χ1v) is 13.2. The van der Waals surface area contributed by atoms with Gasteiger partial charge in [-0.15, -0.1) is 11.6 Å². The van der Waals surface area contributed by atoms with Crippen LogP contribution in [0.5, 0.6) is 0 Å². The van der Waals surface area contributed by atoms with E-state index in [-0.39, 0.29) is 11.5 Å². The van der Waals surface area contributed by atoms with Gasteiger partial charge in [-0.3, -0.25) is 14.2 Å². The topological polar surface area (TPSA) is 55.2 Å². The largest absolute Gasteiger partial charge is 0.331 e. The summed E-state index contributed by atoms with van der Waals surface area (Å²) in [7, 11) is 0. The van der Waals surface area contributed by atoms with Crippen molar-refractivity contribution >= 4 is 28.4 Å². The van der Waals surface area contributed by atoms with Crippen molar-refractivity contribution in [3.05, 3.63) is 106 Å². The molecule has 5 nitrogen and oxygen atoms in total.